The van der Waals surface area contributed by atoms with Crippen molar-refractivity contribution in [1.29, 1.82) is 0 Å². The fraction of sp³-hybridized carbons (Fsp3) is 0.524. The molecule has 24 heteroatoms. The Morgan fingerprint density at radius 1 is 0.222 bits per heavy atom. The highest BCUT2D eigenvalue weighted by Gasteiger charge is 2.37. The second-order valence-electron chi connectivity index (χ2n) is 27.3. The average molecular weight is 1510 g/mol. The topological polar surface area (TPSA) is 372 Å². The van der Waals surface area contributed by atoms with E-state index in [-0.39, 0.29) is 116 Å². The van der Waals surface area contributed by atoms with Gasteiger partial charge >= 0.3 is 47.8 Å². The van der Waals surface area contributed by atoms with Crippen molar-refractivity contribution in [2.75, 3.05) is 52.9 Å². The van der Waals surface area contributed by atoms with Crippen LogP contribution < -0.4 is 37.9 Å². The van der Waals surface area contributed by atoms with Crippen molar-refractivity contribution < 1.29 is 117 Å². The first-order chi connectivity index (χ1) is 52.1. The Labute approximate surface area is 633 Å². The van der Waals surface area contributed by atoms with Crippen LogP contribution in [0, 0.1) is 0 Å². The summed E-state index contributed by atoms with van der Waals surface area (Å²) >= 11 is 0. The van der Waals surface area contributed by atoms with Gasteiger partial charge in [0.2, 0.25) is 0 Å². The van der Waals surface area contributed by atoms with Crippen LogP contribution in [0.3, 0.4) is 0 Å². The Morgan fingerprint density at radius 3 is 0.481 bits per heavy atom. The lowest BCUT2D eigenvalue weighted by molar-refractivity contribution is -0.140. The molecule has 0 saturated heterocycles. The van der Waals surface area contributed by atoms with E-state index in [0.717, 1.165) is 128 Å². The number of hydrogen-bond acceptors (Lipinski definition) is 16. The Balaban J connectivity index is 2.23. The third-order valence-corrected chi connectivity index (χ3v) is 19.0. The highest BCUT2D eigenvalue weighted by molar-refractivity contribution is 5.74. The van der Waals surface area contributed by atoms with Gasteiger partial charge in [-0.25, -0.2) is 38.4 Å². The zero-order valence-corrected chi connectivity index (χ0v) is 62.5. The summed E-state index contributed by atoms with van der Waals surface area (Å²) in [5.74, 6) is -16.1. The van der Waals surface area contributed by atoms with Gasteiger partial charge in [0.05, 0.1) is 0 Å². The number of carbonyl (C=O) groups is 8. The summed E-state index contributed by atoms with van der Waals surface area (Å²) in [6, 6.07) is 12.4. The Bertz CT molecular complexity index is 2960. The van der Waals surface area contributed by atoms with Crippen LogP contribution in [0.25, 0.3) is 0 Å². The van der Waals surface area contributed by atoms with E-state index in [0.29, 0.717) is 51.4 Å². The zero-order valence-electron chi connectivity index (χ0n) is 62.5. The van der Waals surface area contributed by atoms with Crippen molar-refractivity contribution in [2.24, 2.45) is 0 Å². The lowest BCUT2D eigenvalue weighted by Crippen LogP contribution is -2.20. The summed E-state index contributed by atoms with van der Waals surface area (Å²) in [4.78, 5) is 103. The van der Waals surface area contributed by atoms with E-state index in [4.69, 9.17) is 37.9 Å². The van der Waals surface area contributed by atoms with Gasteiger partial charge in [-0.1, -0.05) is 153 Å². The maximum atomic E-state index is 12.9. The maximum Gasteiger partial charge on any atom is 0.341 e. The highest BCUT2D eigenvalue weighted by Crippen LogP contribution is 2.54. The molecule has 24 nitrogen and oxygen atoms in total. The average Bonchev–Trinajstić information content (AvgIpc) is 0.746. The molecule has 5 rings (SSSR count). The van der Waals surface area contributed by atoms with Crippen LogP contribution in [-0.4, -0.2) is 141 Å². The number of rotatable bonds is 60. The third kappa shape index (κ3) is 31.4. The number of unbranched alkanes of at least 4 members (excludes halogenated alkanes) is 24. The van der Waals surface area contributed by atoms with E-state index >= 15 is 0 Å². The number of hydrogen-bond donors (Lipinski definition) is 8. The highest BCUT2D eigenvalue weighted by atomic mass is 16.5. The molecule has 4 aromatic carbocycles. The van der Waals surface area contributed by atoms with Crippen LogP contribution >= 0.6 is 0 Å². The minimum atomic E-state index is -1.40. The van der Waals surface area contributed by atoms with E-state index in [1.54, 1.807) is 24.3 Å². The molecule has 0 unspecified atom stereocenters. The van der Waals surface area contributed by atoms with Crippen LogP contribution in [-0.2, 0) is 38.4 Å². The molecule has 0 spiro atoms. The fourth-order valence-electron chi connectivity index (χ4n) is 14.0. The molecule has 592 valence electrons. The van der Waals surface area contributed by atoms with Crippen molar-refractivity contribution in [3.63, 3.8) is 0 Å². The molecule has 8 N–H and O–H groups in total. The predicted molar refractivity (Wildman–Crippen MR) is 407 cm³/mol. The SMILES string of the molecule is C=CCCCCCCCCC1c2cc(c(OCC(=O)O)cc2OCC(=O)O)C(CCCCCCCCC=C)c2cc(c(OCC(=O)O)cc2OCC(=O)O)C(CCCCCCCCC=C)c2cc(c(OCC(=O)O)cc2OCC(=O)O)C(CCCCCCCCC=C)c2cc1c(OCC(=O)O)cc2OCC(=O)O. The minimum absolute atomic E-state index is 0.107. The number of carboxylic acid groups (broad SMARTS) is 8. The van der Waals surface area contributed by atoms with E-state index in [1.807, 2.05) is 24.3 Å². The number of allylic oxidation sites excluding steroid dienone is 4. The van der Waals surface area contributed by atoms with Crippen molar-refractivity contribution in [2.45, 2.75) is 229 Å². The zero-order chi connectivity index (χ0) is 78.6. The number of carboxylic acids is 8. The molecule has 108 heavy (non-hydrogen) atoms. The second kappa shape index (κ2) is 49.8. The van der Waals surface area contributed by atoms with Gasteiger partial charge in [-0.15, -0.1) is 26.3 Å². The molecular formula is C84H112O24. The second-order valence-corrected chi connectivity index (χ2v) is 27.3. The Morgan fingerprint density at radius 2 is 0.352 bits per heavy atom. The first-order valence-corrected chi connectivity index (χ1v) is 38.0. The Hall–Kier alpha value is -10.0. The molecule has 0 aromatic heterocycles. The number of aliphatic carboxylic acids is 8. The van der Waals surface area contributed by atoms with Gasteiger partial charge in [0.25, 0.3) is 0 Å². The summed E-state index contributed by atoms with van der Waals surface area (Å²) in [6.45, 7) is 7.93. The largest absolute Gasteiger partial charge is 0.481 e. The van der Waals surface area contributed by atoms with Crippen LogP contribution in [0.1, 0.15) is 274 Å². The Kier molecular flexibility index (Phi) is 40.9. The molecule has 8 bridgehead atoms. The summed E-state index contributed by atoms with van der Waals surface area (Å²) in [6.07, 6.45) is 29.5. The van der Waals surface area contributed by atoms with E-state index in [9.17, 15) is 79.2 Å². The summed E-state index contributed by atoms with van der Waals surface area (Å²) in [5, 5.41) is 83.8. The van der Waals surface area contributed by atoms with Crippen LogP contribution in [0.5, 0.6) is 46.0 Å². The molecule has 0 atom stereocenters. The predicted octanol–water partition coefficient (Wildman–Crippen LogP) is 17.5. The van der Waals surface area contributed by atoms with Gasteiger partial charge in [0, 0.05) is 92.4 Å². The van der Waals surface area contributed by atoms with Gasteiger partial charge in [-0.05, 0) is 101 Å². The van der Waals surface area contributed by atoms with Crippen molar-refractivity contribution in [3.05, 3.63) is 144 Å². The number of fused-ring (bicyclic) bond motifs is 8. The van der Waals surface area contributed by atoms with E-state index < -0.39 is 124 Å². The third-order valence-electron chi connectivity index (χ3n) is 19.0. The van der Waals surface area contributed by atoms with Gasteiger partial charge in [0.1, 0.15) is 46.0 Å². The lowest BCUT2D eigenvalue weighted by Gasteiger charge is -2.32. The van der Waals surface area contributed by atoms with E-state index in [2.05, 4.69) is 26.3 Å². The standard InChI is InChI=1S/C84H112O24/c1-5-9-13-17-21-25-29-33-37-57-61-41-63(71(103-51-79(89)90)45-69(61)101-49-77(85)86)58(38-34-30-26-22-18-14-10-6-2)65-43-67(75(107-55-83(97)98)47-73(65)105-53-81(93)94)60(40-36-32-28-24-20-16-12-8-4)68-44-66(74(106-54-82(95)96)48-76(68)108-56-84(99)100)59(39-35-31-27-23-19-15-11-7-3)64-42-62(57)70(102-50-78(87)88)46-72(64)104-52-80(91)92/h5-8,41-48,57-60H,1-4,9-40,49-56H2,(H,85,86)(H,87,88)(H,89,90)(H,91,92)(H,93,94)(H,95,96)(H,97,98)(H,99,100). The number of ether oxygens (including phenoxy) is 8. The first kappa shape index (κ1) is 88.6. The number of benzene rings is 4. The maximum absolute atomic E-state index is 12.9. The quantitative estimate of drug-likeness (QED) is 0.0150. The lowest BCUT2D eigenvalue weighted by atomic mass is 9.76. The fourth-order valence-corrected chi connectivity index (χ4v) is 14.0. The van der Waals surface area contributed by atoms with Crippen molar-refractivity contribution >= 4 is 47.8 Å². The van der Waals surface area contributed by atoms with Gasteiger partial charge in [-0.2, -0.15) is 0 Å². The van der Waals surface area contributed by atoms with Crippen LogP contribution in [0.2, 0.25) is 0 Å². The molecule has 1 aliphatic carbocycles. The summed E-state index contributed by atoms with van der Waals surface area (Å²) in [7, 11) is 0. The molecule has 0 aliphatic heterocycles. The van der Waals surface area contributed by atoms with Crippen LogP contribution in [0.15, 0.2) is 99.2 Å². The van der Waals surface area contributed by atoms with Crippen molar-refractivity contribution in [3.8, 4) is 46.0 Å². The van der Waals surface area contributed by atoms with Crippen LogP contribution in [0.4, 0.5) is 0 Å². The van der Waals surface area contributed by atoms with Crippen molar-refractivity contribution in [1.82, 2.24) is 0 Å². The molecule has 1 aliphatic rings. The molecule has 0 amide bonds. The molecule has 4 aromatic rings. The molecular weight excluding hydrogens is 1390 g/mol. The monoisotopic (exact) mass is 1500 g/mol. The smallest absolute Gasteiger partial charge is 0.341 e. The normalized spacial score (nSPS) is 14.3. The summed E-state index contributed by atoms with van der Waals surface area (Å²) < 4.78 is 50.7. The molecule has 0 fully saturated rings. The van der Waals surface area contributed by atoms with E-state index in [1.165, 1.54) is 24.3 Å². The first-order valence-electron chi connectivity index (χ1n) is 38.0. The molecule has 0 saturated carbocycles. The van der Waals surface area contributed by atoms with Gasteiger partial charge < -0.3 is 78.7 Å². The molecule has 0 heterocycles. The minimum Gasteiger partial charge on any atom is -0.481 e. The summed E-state index contributed by atoms with van der Waals surface area (Å²) in [5.41, 5.74) is 2.13. The van der Waals surface area contributed by atoms with Gasteiger partial charge in [-0.3, -0.25) is 0 Å². The molecule has 0 radical (unpaired) electrons. The van der Waals surface area contributed by atoms with Gasteiger partial charge in [0.15, 0.2) is 52.9 Å².